The molecule has 22 heavy (non-hydrogen) atoms. The fourth-order valence-corrected chi connectivity index (χ4v) is 3.37. The van der Waals surface area contributed by atoms with E-state index in [1.165, 1.54) is 12.5 Å². The van der Waals surface area contributed by atoms with Gasteiger partial charge in [0.25, 0.3) is 0 Å². The second-order valence-electron chi connectivity index (χ2n) is 6.23. The summed E-state index contributed by atoms with van der Waals surface area (Å²) in [5.41, 5.74) is 1.16. The number of hydrogen-bond acceptors (Lipinski definition) is 4. The first-order chi connectivity index (χ1) is 10.7. The molecule has 2 heterocycles. The molecular weight excluding hydrogens is 281 g/mol. The monoisotopic (exact) mass is 303 g/mol. The molecular formula is C17H22FN3O. The maximum absolute atomic E-state index is 13.4. The summed E-state index contributed by atoms with van der Waals surface area (Å²) in [5, 5.41) is 8.91. The average molecular weight is 303 g/mol. The number of halogens is 1. The number of hydrogen-bond donors (Lipinski definition) is 0. The van der Waals surface area contributed by atoms with Crippen LogP contribution < -0.4 is 0 Å². The largest absolute Gasteiger partial charge is 0.379 e. The summed E-state index contributed by atoms with van der Waals surface area (Å²) in [6.07, 6.45) is 1.21. The zero-order valence-corrected chi connectivity index (χ0v) is 12.8. The Hall–Kier alpha value is -1.48. The highest BCUT2D eigenvalue weighted by Gasteiger charge is 2.25. The van der Waals surface area contributed by atoms with Crippen LogP contribution in [0.15, 0.2) is 18.2 Å². The van der Waals surface area contributed by atoms with Crippen LogP contribution in [-0.4, -0.2) is 55.7 Å². The first-order valence-electron chi connectivity index (χ1n) is 7.95. The van der Waals surface area contributed by atoms with Crippen molar-refractivity contribution in [2.45, 2.75) is 13.0 Å². The third-order valence-electron chi connectivity index (χ3n) is 4.55. The van der Waals surface area contributed by atoms with E-state index in [2.05, 4.69) is 9.80 Å². The van der Waals surface area contributed by atoms with Crippen LogP contribution in [0.3, 0.4) is 0 Å². The third-order valence-corrected chi connectivity index (χ3v) is 4.55. The molecule has 5 heteroatoms. The Bertz CT molecular complexity index is 551. The molecule has 0 bridgehead atoms. The van der Waals surface area contributed by atoms with Crippen molar-refractivity contribution < 1.29 is 9.13 Å². The van der Waals surface area contributed by atoms with Crippen molar-refractivity contribution in [1.82, 2.24) is 9.80 Å². The van der Waals surface area contributed by atoms with E-state index in [9.17, 15) is 4.39 Å². The first kappa shape index (κ1) is 15.4. The molecule has 0 N–H and O–H groups in total. The van der Waals surface area contributed by atoms with Crippen molar-refractivity contribution in [3.05, 3.63) is 35.1 Å². The number of nitrogens with zero attached hydrogens (tertiary/aromatic N) is 3. The number of ether oxygens (including phenoxy) is 1. The van der Waals surface area contributed by atoms with Crippen molar-refractivity contribution in [3.8, 4) is 6.07 Å². The highest BCUT2D eigenvalue weighted by molar-refractivity contribution is 5.34. The van der Waals surface area contributed by atoms with Gasteiger partial charge < -0.3 is 4.74 Å². The summed E-state index contributed by atoms with van der Waals surface area (Å²) in [4.78, 5) is 4.89. The van der Waals surface area contributed by atoms with Crippen LogP contribution in [0.2, 0.25) is 0 Å². The van der Waals surface area contributed by atoms with Gasteiger partial charge in [0.2, 0.25) is 0 Å². The molecule has 3 rings (SSSR count). The van der Waals surface area contributed by atoms with Crippen LogP contribution in [0.5, 0.6) is 0 Å². The smallest absolute Gasteiger partial charge is 0.140 e. The maximum Gasteiger partial charge on any atom is 0.140 e. The van der Waals surface area contributed by atoms with Gasteiger partial charge in [0.1, 0.15) is 11.9 Å². The Morgan fingerprint density at radius 1 is 1.23 bits per heavy atom. The topological polar surface area (TPSA) is 39.5 Å². The molecule has 118 valence electrons. The second-order valence-corrected chi connectivity index (χ2v) is 6.23. The molecule has 1 aromatic carbocycles. The van der Waals surface area contributed by atoms with Crippen molar-refractivity contribution in [3.63, 3.8) is 0 Å². The molecule has 0 aliphatic carbocycles. The molecule has 0 saturated carbocycles. The van der Waals surface area contributed by atoms with Crippen LogP contribution >= 0.6 is 0 Å². The Morgan fingerprint density at radius 2 is 2.05 bits per heavy atom. The number of benzene rings is 1. The van der Waals surface area contributed by atoms with E-state index in [0.717, 1.165) is 58.0 Å². The summed E-state index contributed by atoms with van der Waals surface area (Å²) < 4.78 is 18.7. The lowest BCUT2D eigenvalue weighted by atomic mass is 10.1. The van der Waals surface area contributed by atoms with Crippen molar-refractivity contribution in [1.29, 1.82) is 5.26 Å². The van der Waals surface area contributed by atoms with Gasteiger partial charge in [0.15, 0.2) is 0 Å². The average Bonchev–Trinajstić information content (AvgIpc) is 2.97. The number of nitriles is 1. The second kappa shape index (κ2) is 7.19. The van der Waals surface area contributed by atoms with Crippen LogP contribution in [0.25, 0.3) is 0 Å². The van der Waals surface area contributed by atoms with E-state index >= 15 is 0 Å². The molecule has 1 aromatic rings. The molecule has 2 aliphatic rings. The SMILES string of the molecule is N#Cc1cc(CN2CCC(CN3CCOCC3)C2)ccc1F. The minimum atomic E-state index is -0.433. The van der Waals surface area contributed by atoms with Crippen molar-refractivity contribution in [2.24, 2.45) is 5.92 Å². The molecule has 0 radical (unpaired) electrons. The zero-order chi connectivity index (χ0) is 15.4. The zero-order valence-electron chi connectivity index (χ0n) is 12.8. The summed E-state index contributed by atoms with van der Waals surface area (Å²) in [5.74, 6) is 0.270. The van der Waals surface area contributed by atoms with Crippen molar-refractivity contribution in [2.75, 3.05) is 45.9 Å². The van der Waals surface area contributed by atoms with Gasteiger partial charge in [-0.05, 0) is 36.6 Å². The summed E-state index contributed by atoms with van der Waals surface area (Å²) in [6, 6.07) is 6.76. The van der Waals surface area contributed by atoms with E-state index in [1.807, 2.05) is 6.07 Å². The highest BCUT2D eigenvalue weighted by Crippen LogP contribution is 2.21. The molecule has 0 aromatic heterocycles. The Kier molecular flexibility index (Phi) is 5.04. The van der Waals surface area contributed by atoms with E-state index in [1.54, 1.807) is 12.1 Å². The van der Waals surface area contributed by atoms with Crippen LogP contribution in [0.1, 0.15) is 17.5 Å². The first-order valence-corrected chi connectivity index (χ1v) is 7.95. The van der Waals surface area contributed by atoms with Gasteiger partial charge in [-0.2, -0.15) is 5.26 Å². The fraction of sp³-hybridized carbons (Fsp3) is 0.588. The number of rotatable bonds is 4. The lowest BCUT2D eigenvalue weighted by Crippen LogP contribution is -2.39. The van der Waals surface area contributed by atoms with Gasteiger partial charge in [-0.1, -0.05) is 6.07 Å². The minimum Gasteiger partial charge on any atom is -0.379 e. The molecule has 1 unspecified atom stereocenters. The Balaban J connectivity index is 1.51. The maximum atomic E-state index is 13.4. The van der Waals surface area contributed by atoms with Gasteiger partial charge in [-0.15, -0.1) is 0 Å². The number of morpholine rings is 1. The molecule has 0 spiro atoms. The minimum absolute atomic E-state index is 0.140. The molecule has 2 aliphatic heterocycles. The van der Waals surface area contributed by atoms with Gasteiger partial charge in [0.05, 0.1) is 18.8 Å². The normalized spacial score (nSPS) is 23.5. The van der Waals surface area contributed by atoms with Gasteiger partial charge in [0, 0.05) is 32.7 Å². The fourth-order valence-electron chi connectivity index (χ4n) is 3.37. The van der Waals surface area contributed by atoms with Crippen molar-refractivity contribution >= 4 is 0 Å². The summed E-state index contributed by atoms with van der Waals surface area (Å²) >= 11 is 0. The van der Waals surface area contributed by atoms with Crippen LogP contribution in [0.4, 0.5) is 4.39 Å². The predicted molar refractivity (Wildman–Crippen MR) is 81.8 cm³/mol. The molecule has 2 fully saturated rings. The van der Waals surface area contributed by atoms with Gasteiger partial charge in [-0.25, -0.2) is 4.39 Å². The highest BCUT2D eigenvalue weighted by atomic mass is 19.1. The lowest BCUT2D eigenvalue weighted by molar-refractivity contribution is 0.0311. The third kappa shape index (κ3) is 3.83. The van der Waals surface area contributed by atoms with E-state index in [4.69, 9.17) is 10.00 Å². The summed E-state index contributed by atoms with van der Waals surface area (Å²) in [7, 11) is 0. The standard InChI is InChI=1S/C17H22FN3O/c18-17-2-1-14(9-16(17)10-19)11-21-4-3-15(13-21)12-20-5-7-22-8-6-20/h1-2,9,15H,3-8,11-13H2. The van der Waals surface area contributed by atoms with Gasteiger partial charge in [-0.3, -0.25) is 9.80 Å². The molecule has 4 nitrogen and oxygen atoms in total. The van der Waals surface area contributed by atoms with Crippen LogP contribution in [0, 0.1) is 23.1 Å². The predicted octanol–water partition coefficient (Wildman–Crippen LogP) is 1.85. The van der Waals surface area contributed by atoms with E-state index in [-0.39, 0.29) is 5.56 Å². The number of likely N-dealkylation sites (tertiary alicyclic amines) is 1. The van der Waals surface area contributed by atoms with Gasteiger partial charge >= 0.3 is 0 Å². The molecule has 1 atom stereocenters. The quantitative estimate of drug-likeness (QED) is 0.851. The Labute approximate surface area is 131 Å². The summed E-state index contributed by atoms with van der Waals surface area (Å²) in [6.45, 7) is 7.89. The van der Waals surface area contributed by atoms with E-state index in [0.29, 0.717) is 5.92 Å². The lowest BCUT2D eigenvalue weighted by Gasteiger charge is -2.29. The van der Waals surface area contributed by atoms with Crippen LogP contribution in [-0.2, 0) is 11.3 Å². The molecule has 2 saturated heterocycles. The Morgan fingerprint density at radius 3 is 2.82 bits per heavy atom. The molecule has 0 amide bonds. The van der Waals surface area contributed by atoms with E-state index < -0.39 is 5.82 Å².